The zero-order valence-corrected chi connectivity index (χ0v) is 18.1. The molecule has 2 aromatic carbocycles. The molecule has 0 unspecified atom stereocenters. The molecule has 0 fully saturated rings. The smallest absolute Gasteiger partial charge is 0.224 e. The summed E-state index contributed by atoms with van der Waals surface area (Å²) < 4.78 is 18.7. The average molecular weight is 500 g/mol. The zero-order valence-electron chi connectivity index (χ0n) is 15.8. The molecule has 0 bridgehead atoms. The first-order valence-corrected chi connectivity index (χ1v) is 8.81. The molecule has 2 rings (SSSR count). The summed E-state index contributed by atoms with van der Waals surface area (Å²) in [4.78, 5) is 16.0. The van der Waals surface area contributed by atoms with E-state index < -0.39 is 0 Å². The molecule has 0 saturated carbocycles. The molecule has 0 aromatic heterocycles. The number of halogens is 2. The van der Waals surface area contributed by atoms with Gasteiger partial charge in [0, 0.05) is 20.1 Å². The predicted molar refractivity (Wildman–Crippen MR) is 120 cm³/mol. The lowest BCUT2D eigenvalue weighted by atomic mass is 10.1. The Morgan fingerprint density at radius 3 is 2.43 bits per heavy atom. The molecule has 0 aliphatic carbocycles. The highest BCUT2D eigenvalue weighted by Gasteiger charge is 2.04. The van der Waals surface area contributed by atoms with E-state index in [1.165, 1.54) is 12.1 Å². The number of benzene rings is 2. The fraction of sp³-hybridized carbons (Fsp3) is 0.300. The maximum atomic E-state index is 13.1. The third-order valence-electron chi connectivity index (χ3n) is 3.62. The molecule has 3 N–H and O–H groups in total. The summed E-state index contributed by atoms with van der Waals surface area (Å²) in [5, 5.41) is 9.03. The Morgan fingerprint density at radius 2 is 1.71 bits per heavy atom. The maximum Gasteiger partial charge on any atom is 0.224 e. The number of carbonyl (C=O) groups excluding carboxylic acids is 1. The second-order valence-electron chi connectivity index (χ2n) is 5.74. The molecule has 0 spiro atoms. The quantitative estimate of drug-likeness (QED) is 0.214. The summed E-state index contributed by atoms with van der Waals surface area (Å²) in [6, 6.07) is 15.6. The van der Waals surface area contributed by atoms with Gasteiger partial charge in [-0.15, -0.1) is 24.0 Å². The first-order valence-electron chi connectivity index (χ1n) is 8.81. The lowest BCUT2D eigenvalue weighted by Crippen LogP contribution is -2.42. The Labute approximate surface area is 182 Å². The van der Waals surface area contributed by atoms with E-state index >= 15 is 0 Å². The summed E-state index contributed by atoms with van der Waals surface area (Å²) in [6.45, 7) is 2.07. The van der Waals surface area contributed by atoms with Crippen molar-refractivity contribution in [3.63, 3.8) is 0 Å². The van der Waals surface area contributed by atoms with Gasteiger partial charge in [-0.3, -0.25) is 9.79 Å². The van der Waals surface area contributed by atoms with E-state index in [4.69, 9.17) is 4.74 Å². The monoisotopic (exact) mass is 500 g/mol. The maximum absolute atomic E-state index is 13.1. The predicted octanol–water partition coefficient (Wildman–Crippen LogP) is 2.35. The molecule has 1 amide bonds. The number of ether oxygens (including phenoxy) is 1. The fourth-order valence-corrected chi connectivity index (χ4v) is 2.35. The van der Waals surface area contributed by atoms with Crippen LogP contribution in [0.3, 0.4) is 0 Å². The normalized spacial score (nSPS) is 10.6. The fourth-order valence-electron chi connectivity index (χ4n) is 2.35. The van der Waals surface area contributed by atoms with Gasteiger partial charge in [0.25, 0.3) is 0 Å². The number of aliphatic imine (C=N–C) groups is 1. The Kier molecular flexibility index (Phi) is 11.6. The number of carbonyl (C=O) groups is 1. The van der Waals surface area contributed by atoms with Crippen molar-refractivity contribution in [2.24, 2.45) is 4.99 Å². The number of nitrogens with one attached hydrogen (secondary N) is 3. The molecular formula is C20H26FIN4O2. The highest BCUT2D eigenvalue weighted by atomic mass is 127. The van der Waals surface area contributed by atoms with Crippen LogP contribution in [0.15, 0.2) is 59.6 Å². The van der Waals surface area contributed by atoms with Crippen molar-refractivity contribution >= 4 is 35.8 Å². The summed E-state index contributed by atoms with van der Waals surface area (Å²) in [5.74, 6) is 0.962. The Bertz CT molecular complexity index is 744. The second-order valence-corrected chi connectivity index (χ2v) is 5.74. The van der Waals surface area contributed by atoms with Crippen LogP contribution in [-0.2, 0) is 11.2 Å². The average Bonchev–Trinajstić information content (AvgIpc) is 2.67. The first-order chi connectivity index (χ1) is 13.2. The lowest BCUT2D eigenvalue weighted by Gasteiger charge is -2.13. The SMILES string of the molecule is CN=C(NCCNC(=O)Cc1cccc(F)c1)NCCOc1ccccc1.I. The van der Waals surface area contributed by atoms with Crippen molar-refractivity contribution in [2.75, 3.05) is 33.3 Å². The minimum Gasteiger partial charge on any atom is -0.492 e. The molecule has 152 valence electrons. The molecular weight excluding hydrogens is 474 g/mol. The molecule has 28 heavy (non-hydrogen) atoms. The molecule has 0 saturated heterocycles. The van der Waals surface area contributed by atoms with E-state index in [9.17, 15) is 9.18 Å². The van der Waals surface area contributed by atoms with Gasteiger partial charge in [0.1, 0.15) is 18.2 Å². The topological polar surface area (TPSA) is 74.8 Å². The number of para-hydroxylation sites is 1. The number of nitrogens with zero attached hydrogens (tertiary/aromatic N) is 1. The van der Waals surface area contributed by atoms with Gasteiger partial charge in [-0.2, -0.15) is 0 Å². The molecule has 0 atom stereocenters. The highest BCUT2D eigenvalue weighted by Crippen LogP contribution is 2.07. The molecule has 6 nitrogen and oxygen atoms in total. The van der Waals surface area contributed by atoms with Crippen LogP contribution in [0.1, 0.15) is 5.56 Å². The van der Waals surface area contributed by atoms with E-state index in [1.54, 1.807) is 19.2 Å². The third-order valence-corrected chi connectivity index (χ3v) is 3.62. The minimum absolute atomic E-state index is 0. The Hall–Kier alpha value is -2.36. The van der Waals surface area contributed by atoms with Crippen molar-refractivity contribution in [1.29, 1.82) is 0 Å². The molecule has 2 aromatic rings. The van der Waals surface area contributed by atoms with E-state index in [-0.39, 0.29) is 42.1 Å². The van der Waals surface area contributed by atoms with Crippen LogP contribution in [0.25, 0.3) is 0 Å². The number of guanidine groups is 1. The molecule has 0 heterocycles. The van der Waals surface area contributed by atoms with Gasteiger partial charge in [0.15, 0.2) is 5.96 Å². The van der Waals surface area contributed by atoms with Crippen LogP contribution in [0, 0.1) is 5.82 Å². The van der Waals surface area contributed by atoms with Crippen molar-refractivity contribution < 1.29 is 13.9 Å². The van der Waals surface area contributed by atoms with E-state index in [0.29, 0.717) is 37.8 Å². The van der Waals surface area contributed by atoms with Crippen LogP contribution in [0.4, 0.5) is 4.39 Å². The van der Waals surface area contributed by atoms with Crippen molar-refractivity contribution in [2.45, 2.75) is 6.42 Å². The van der Waals surface area contributed by atoms with Gasteiger partial charge in [0.2, 0.25) is 5.91 Å². The van der Waals surface area contributed by atoms with E-state index in [1.807, 2.05) is 30.3 Å². The van der Waals surface area contributed by atoms with Crippen LogP contribution in [0.5, 0.6) is 5.75 Å². The lowest BCUT2D eigenvalue weighted by molar-refractivity contribution is -0.120. The van der Waals surface area contributed by atoms with Crippen LogP contribution in [0.2, 0.25) is 0 Å². The van der Waals surface area contributed by atoms with Gasteiger partial charge in [0.05, 0.1) is 13.0 Å². The number of amides is 1. The molecule has 0 radical (unpaired) electrons. The number of rotatable bonds is 9. The molecule has 8 heteroatoms. The Morgan fingerprint density at radius 1 is 1.00 bits per heavy atom. The van der Waals surface area contributed by atoms with Crippen LogP contribution < -0.4 is 20.7 Å². The largest absolute Gasteiger partial charge is 0.492 e. The Balaban J connectivity index is 0.00000392. The van der Waals surface area contributed by atoms with E-state index in [2.05, 4.69) is 20.9 Å². The summed E-state index contributed by atoms with van der Waals surface area (Å²) >= 11 is 0. The summed E-state index contributed by atoms with van der Waals surface area (Å²) in [7, 11) is 1.68. The van der Waals surface area contributed by atoms with Crippen molar-refractivity contribution in [3.8, 4) is 5.75 Å². The highest BCUT2D eigenvalue weighted by molar-refractivity contribution is 14.0. The van der Waals surface area contributed by atoms with Crippen LogP contribution in [-0.4, -0.2) is 45.2 Å². The van der Waals surface area contributed by atoms with E-state index in [0.717, 1.165) is 5.75 Å². The summed E-state index contributed by atoms with van der Waals surface area (Å²) in [5.41, 5.74) is 0.649. The van der Waals surface area contributed by atoms with Gasteiger partial charge in [-0.25, -0.2) is 4.39 Å². The van der Waals surface area contributed by atoms with Crippen molar-refractivity contribution in [3.05, 3.63) is 66.0 Å². The third kappa shape index (κ3) is 9.54. The first kappa shape index (κ1) is 23.7. The van der Waals surface area contributed by atoms with Crippen LogP contribution >= 0.6 is 24.0 Å². The molecule has 0 aliphatic rings. The van der Waals surface area contributed by atoms with Gasteiger partial charge in [-0.1, -0.05) is 30.3 Å². The van der Waals surface area contributed by atoms with Crippen molar-refractivity contribution in [1.82, 2.24) is 16.0 Å². The van der Waals surface area contributed by atoms with Gasteiger partial charge in [-0.05, 0) is 29.8 Å². The zero-order chi connectivity index (χ0) is 19.3. The van der Waals surface area contributed by atoms with Gasteiger partial charge >= 0.3 is 0 Å². The second kappa shape index (κ2) is 13.8. The molecule has 0 aliphatic heterocycles. The van der Waals surface area contributed by atoms with Gasteiger partial charge < -0.3 is 20.7 Å². The minimum atomic E-state index is -0.340. The number of hydrogen-bond donors (Lipinski definition) is 3. The number of hydrogen-bond acceptors (Lipinski definition) is 3. The standard InChI is InChI=1S/C20H25FN4O2.HI/c1-22-20(25-12-13-27-18-8-3-2-4-9-18)24-11-10-23-19(26)15-16-6-5-7-17(21)14-16;/h2-9,14H,10-13,15H2,1H3,(H,23,26)(H2,22,24,25);1H. The summed E-state index contributed by atoms with van der Waals surface area (Å²) in [6.07, 6.45) is 0.154.